The topological polar surface area (TPSA) is 58.6 Å². The molecule has 1 aromatic carbocycles. The van der Waals surface area contributed by atoms with Crippen LogP contribution in [0.2, 0.25) is 0 Å². The Hall–Kier alpha value is -1.21. The van der Waals surface area contributed by atoms with Crippen molar-refractivity contribution in [2.75, 3.05) is 24.7 Å². The number of nitrogens with one attached hydrogen (secondary N) is 1. The van der Waals surface area contributed by atoms with E-state index >= 15 is 0 Å². The average molecular weight is 345 g/mol. The summed E-state index contributed by atoms with van der Waals surface area (Å²) in [6.45, 7) is 0.528. The number of benzene rings is 1. The van der Waals surface area contributed by atoms with E-state index in [1.54, 1.807) is 6.07 Å². The van der Waals surface area contributed by atoms with Gasteiger partial charge in [-0.05, 0) is 28.1 Å². The van der Waals surface area contributed by atoms with Crippen molar-refractivity contribution in [1.82, 2.24) is 4.90 Å². The van der Waals surface area contributed by atoms with Crippen molar-refractivity contribution in [3.8, 4) is 0 Å². The molecule has 1 saturated heterocycles. The predicted octanol–water partition coefficient (Wildman–Crippen LogP) is 2.53. The Bertz CT molecular complexity index is 498. The Labute approximate surface area is 123 Å². The standard InChI is InChI=1S/C12H13BrN2O3S/c1-18-11(16)10-15(6-7-19-10)12(17)14-9-5-3-2-4-8(9)13/h2-5,10H,6-7H2,1H3,(H,14,17). The minimum absolute atomic E-state index is 0.299. The third-order valence-corrected chi connectivity index (χ3v) is 4.54. The zero-order valence-electron chi connectivity index (χ0n) is 10.3. The summed E-state index contributed by atoms with van der Waals surface area (Å²) < 4.78 is 5.49. The lowest BCUT2D eigenvalue weighted by atomic mass is 10.3. The van der Waals surface area contributed by atoms with Crippen LogP contribution in [0.3, 0.4) is 0 Å². The van der Waals surface area contributed by atoms with Crippen LogP contribution in [0.15, 0.2) is 28.7 Å². The minimum atomic E-state index is -0.563. The summed E-state index contributed by atoms with van der Waals surface area (Å²) in [5.41, 5.74) is 0.674. The van der Waals surface area contributed by atoms with Crippen LogP contribution in [-0.2, 0) is 9.53 Å². The molecule has 1 N–H and O–H groups in total. The first kappa shape index (κ1) is 14.2. The van der Waals surface area contributed by atoms with Gasteiger partial charge in [0.25, 0.3) is 0 Å². The van der Waals surface area contributed by atoms with Gasteiger partial charge in [-0.2, -0.15) is 0 Å². The molecular weight excluding hydrogens is 332 g/mol. The molecule has 1 heterocycles. The van der Waals surface area contributed by atoms with Crippen LogP contribution in [-0.4, -0.2) is 41.7 Å². The van der Waals surface area contributed by atoms with E-state index in [2.05, 4.69) is 21.2 Å². The first-order valence-electron chi connectivity index (χ1n) is 5.65. The van der Waals surface area contributed by atoms with Gasteiger partial charge in [0.2, 0.25) is 0 Å². The van der Waals surface area contributed by atoms with E-state index in [1.807, 2.05) is 18.2 Å². The highest BCUT2D eigenvalue weighted by Gasteiger charge is 2.35. The number of halogens is 1. The molecule has 1 unspecified atom stereocenters. The number of carbonyl (C=O) groups is 2. The lowest BCUT2D eigenvalue weighted by Crippen LogP contribution is -2.42. The molecule has 2 amide bonds. The molecule has 2 rings (SSSR count). The molecule has 19 heavy (non-hydrogen) atoms. The zero-order valence-corrected chi connectivity index (χ0v) is 12.7. The fourth-order valence-corrected chi connectivity index (χ4v) is 3.25. The zero-order chi connectivity index (χ0) is 13.8. The number of hydrogen-bond donors (Lipinski definition) is 1. The predicted molar refractivity (Wildman–Crippen MR) is 78.1 cm³/mol. The summed E-state index contributed by atoms with van der Waals surface area (Å²) in [6, 6.07) is 7.02. The molecule has 1 fully saturated rings. The highest BCUT2D eigenvalue weighted by atomic mass is 79.9. The van der Waals surface area contributed by atoms with E-state index in [0.717, 1.165) is 10.2 Å². The van der Waals surface area contributed by atoms with Crippen LogP contribution >= 0.6 is 27.7 Å². The van der Waals surface area contributed by atoms with Crippen molar-refractivity contribution in [3.63, 3.8) is 0 Å². The van der Waals surface area contributed by atoms with Crippen LogP contribution in [0.1, 0.15) is 0 Å². The van der Waals surface area contributed by atoms with Gasteiger partial charge in [-0.25, -0.2) is 9.59 Å². The number of amides is 2. The number of methoxy groups -OCH3 is 1. The molecule has 1 aliphatic heterocycles. The Morgan fingerprint density at radius 1 is 1.47 bits per heavy atom. The Morgan fingerprint density at radius 2 is 2.21 bits per heavy atom. The molecule has 7 heteroatoms. The van der Waals surface area contributed by atoms with Gasteiger partial charge in [0, 0.05) is 16.8 Å². The van der Waals surface area contributed by atoms with Crippen LogP contribution in [0, 0.1) is 0 Å². The third kappa shape index (κ3) is 3.22. The second-order valence-corrected chi connectivity index (χ2v) is 5.89. The Balaban J connectivity index is 2.07. The summed E-state index contributed by atoms with van der Waals surface area (Å²) in [5, 5.41) is 2.22. The number of rotatable bonds is 2. The molecule has 5 nitrogen and oxygen atoms in total. The monoisotopic (exact) mass is 344 g/mol. The van der Waals surface area contributed by atoms with Crippen molar-refractivity contribution in [1.29, 1.82) is 0 Å². The molecule has 0 saturated carbocycles. The number of urea groups is 1. The number of para-hydroxylation sites is 1. The van der Waals surface area contributed by atoms with Crippen molar-refractivity contribution in [2.24, 2.45) is 0 Å². The number of nitrogens with zero attached hydrogens (tertiary/aromatic N) is 1. The molecule has 1 atom stereocenters. The maximum atomic E-state index is 12.2. The van der Waals surface area contributed by atoms with Crippen LogP contribution in [0.25, 0.3) is 0 Å². The normalized spacial score (nSPS) is 18.2. The van der Waals surface area contributed by atoms with Crippen molar-refractivity contribution < 1.29 is 14.3 Å². The summed E-state index contributed by atoms with van der Waals surface area (Å²) in [7, 11) is 1.32. The summed E-state index contributed by atoms with van der Waals surface area (Å²) >= 11 is 4.77. The van der Waals surface area contributed by atoms with Gasteiger partial charge in [0.05, 0.1) is 12.8 Å². The summed E-state index contributed by atoms with van der Waals surface area (Å²) in [6.07, 6.45) is 0. The van der Waals surface area contributed by atoms with Gasteiger partial charge in [-0.3, -0.25) is 0 Å². The fraction of sp³-hybridized carbons (Fsp3) is 0.333. The van der Waals surface area contributed by atoms with E-state index in [0.29, 0.717) is 12.2 Å². The molecule has 0 aliphatic carbocycles. The summed E-state index contributed by atoms with van der Waals surface area (Å²) in [5.74, 6) is 0.327. The second kappa shape index (κ2) is 6.29. The maximum absolute atomic E-state index is 12.2. The molecule has 0 aromatic heterocycles. The second-order valence-electron chi connectivity index (χ2n) is 3.85. The molecule has 0 bridgehead atoms. The average Bonchev–Trinajstić information content (AvgIpc) is 2.90. The largest absolute Gasteiger partial charge is 0.467 e. The Morgan fingerprint density at radius 3 is 2.89 bits per heavy atom. The number of carbonyl (C=O) groups excluding carboxylic acids is 2. The lowest BCUT2D eigenvalue weighted by Gasteiger charge is -2.22. The van der Waals surface area contributed by atoms with Crippen LogP contribution in [0.4, 0.5) is 10.5 Å². The molecule has 0 spiro atoms. The van der Waals surface area contributed by atoms with Crippen LogP contribution in [0.5, 0.6) is 0 Å². The SMILES string of the molecule is COC(=O)C1SCCN1C(=O)Nc1ccccc1Br. The fourth-order valence-electron chi connectivity index (χ4n) is 1.72. The van der Waals surface area contributed by atoms with Gasteiger partial charge in [-0.15, -0.1) is 11.8 Å². The smallest absolute Gasteiger partial charge is 0.339 e. The number of ether oxygens (including phenoxy) is 1. The van der Waals surface area contributed by atoms with Crippen LogP contribution < -0.4 is 5.32 Å². The number of hydrogen-bond acceptors (Lipinski definition) is 4. The van der Waals surface area contributed by atoms with E-state index in [9.17, 15) is 9.59 Å². The molecule has 102 valence electrons. The molecule has 1 aromatic rings. The third-order valence-electron chi connectivity index (χ3n) is 2.67. The van der Waals surface area contributed by atoms with E-state index in [4.69, 9.17) is 4.74 Å². The van der Waals surface area contributed by atoms with Crippen molar-refractivity contribution in [2.45, 2.75) is 5.37 Å². The van der Waals surface area contributed by atoms with Gasteiger partial charge >= 0.3 is 12.0 Å². The number of anilines is 1. The molecule has 1 aliphatic rings. The van der Waals surface area contributed by atoms with Gasteiger partial charge in [0.1, 0.15) is 0 Å². The van der Waals surface area contributed by atoms with E-state index < -0.39 is 11.3 Å². The highest BCUT2D eigenvalue weighted by Crippen LogP contribution is 2.27. The van der Waals surface area contributed by atoms with Crippen molar-refractivity contribution >= 4 is 45.4 Å². The quantitative estimate of drug-likeness (QED) is 0.837. The van der Waals surface area contributed by atoms with Crippen molar-refractivity contribution in [3.05, 3.63) is 28.7 Å². The first-order chi connectivity index (χ1) is 9.13. The van der Waals surface area contributed by atoms with Gasteiger partial charge in [0.15, 0.2) is 5.37 Å². The number of esters is 1. The lowest BCUT2D eigenvalue weighted by molar-refractivity contribution is -0.142. The van der Waals surface area contributed by atoms with E-state index in [1.165, 1.54) is 23.8 Å². The Kier molecular flexibility index (Phi) is 4.71. The highest BCUT2D eigenvalue weighted by molar-refractivity contribution is 9.10. The van der Waals surface area contributed by atoms with Gasteiger partial charge in [-0.1, -0.05) is 12.1 Å². The first-order valence-corrected chi connectivity index (χ1v) is 7.49. The van der Waals surface area contributed by atoms with Gasteiger partial charge < -0.3 is 15.0 Å². The number of thioether (sulfide) groups is 1. The maximum Gasteiger partial charge on any atom is 0.339 e. The molecular formula is C12H13BrN2O3S. The van der Waals surface area contributed by atoms with E-state index in [-0.39, 0.29) is 6.03 Å². The molecule has 0 radical (unpaired) electrons. The minimum Gasteiger partial charge on any atom is -0.467 e. The summed E-state index contributed by atoms with van der Waals surface area (Å²) in [4.78, 5) is 25.2.